The minimum absolute atomic E-state index is 0.0105. The number of hydrogen-bond acceptors (Lipinski definition) is 5. The molecule has 0 atom stereocenters. The molecule has 0 radical (unpaired) electrons. The van der Waals surface area contributed by atoms with Gasteiger partial charge < -0.3 is 10.5 Å². The van der Waals surface area contributed by atoms with Crippen LogP contribution in [0.4, 0.5) is 11.4 Å². The molecule has 1 aromatic rings. The van der Waals surface area contributed by atoms with Crippen LogP contribution in [0.3, 0.4) is 0 Å². The summed E-state index contributed by atoms with van der Waals surface area (Å²) in [5, 5.41) is 10.3. The fourth-order valence-corrected chi connectivity index (χ4v) is 1.05. The molecule has 0 aromatic heterocycles. The molecule has 6 nitrogen and oxygen atoms in total. The predicted molar refractivity (Wildman–Crippen MR) is 72.2 cm³/mol. The Morgan fingerprint density at radius 1 is 1.39 bits per heavy atom. The van der Waals surface area contributed by atoms with Crippen LogP contribution in [0.5, 0.6) is 0 Å². The molecule has 0 heterocycles. The standard InChI is InChI=1S/C7H5ClN2O3.C2H6O.C2H6/c8-6-2-5(10(12)13)1-4(3-11)7(6)9;1-3-2;1-2/h1-3H,9H2;1-2H3;1-2H3. The van der Waals surface area contributed by atoms with Crippen LogP contribution >= 0.6 is 11.6 Å². The number of non-ortho nitro benzene ring substituents is 1. The maximum atomic E-state index is 10.4. The van der Waals surface area contributed by atoms with Crippen molar-refractivity contribution in [1.82, 2.24) is 0 Å². The Labute approximate surface area is 111 Å². The van der Waals surface area contributed by atoms with Gasteiger partial charge in [-0.1, -0.05) is 25.4 Å². The lowest BCUT2D eigenvalue weighted by atomic mass is 10.2. The molecule has 1 rings (SSSR count). The fourth-order valence-electron chi connectivity index (χ4n) is 0.827. The van der Waals surface area contributed by atoms with Gasteiger partial charge in [0.15, 0.2) is 6.29 Å². The number of rotatable bonds is 2. The minimum atomic E-state index is -0.641. The highest BCUT2D eigenvalue weighted by Crippen LogP contribution is 2.27. The summed E-state index contributed by atoms with van der Waals surface area (Å²) in [6.07, 6.45) is 0.425. The summed E-state index contributed by atoms with van der Waals surface area (Å²) >= 11 is 5.55. The van der Waals surface area contributed by atoms with E-state index in [0.29, 0.717) is 6.29 Å². The quantitative estimate of drug-likeness (QED) is 0.388. The Morgan fingerprint density at radius 2 is 1.83 bits per heavy atom. The van der Waals surface area contributed by atoms with Crippen molar-refractivity contribution in [3.05, 3.63) is 32.8 Å². The zero-order valence-electron chi connectivity index (χ0n) is 10.8. The van der Waals surface area contributed by atoms with Gasteiger partial charge in [0.25, 0.3) is 5.69 Å². The number of benzene rings is 1. The topological polar surface area (TPSA) is 95.5 Å². The van der Waals surface area contributed by atoms with Gasteiger partial charge in [-0.2, -0.15) is 0 Å². The van der Waals surface area contributed by atoms with Gasteiger partial charge in [0.1, 0.15) is 0 Å². The number of halogens is 1. The number of carbonyl (C=O) groups is 1. The average molecular weight is 277 g/mol. The highest BCUT2D eigenvalue weighted by molar-refractivity contribution is 6.33. The Hall–Kier alpha value is -1.66. The lowest BCUT2D eigenvalue weighted by Crippen LogP contribution is -1.97. The van der Waals surface area contributed by atoms with E-state index in [1.165, 1.54) is 0 Å². The summed E-state index contributed by atoms with van der Waals surface area (Å²) in [5.74, 6) is 0. The van der Waals surface area contributed by atoms with Crippen molar-refractivity contribution in [2.45, 2.75) is 13.8 Å². The molecule has 0 fully saturated rings. The maximum absolute atomic E-state index is 10.4. The predicted octanol–water partition coefficient (Wildman–Crippen LogP) is 2.93. The Kier molecular flexibility index (Phi) is 10.9. The Balaban J connectivity index is 0. The largest absolute Gasteiger partial charge is 0.397 e. The van der Waals surface area contributed by atoms with Crippen molar-refractivity contribution in [2.24, 2.45) is 0 Å². The van der Waals surface area contributed by atoms with Gasteiger partial charge in [-0.25, -0.2) is 0 Å². The number of aldehydes is 1. The number of methoxy groups -OCH3 is 1. The molecular weight excluding hydrogens is 260 g/mol. The van der Waals surface area contributed by atoms with Gasteiger partial charge in [0.05, 0.1) is 15.6 Å². The second-order valence-corrected chi connectivity index (χ2v) is 3.12. The second kappa shape index (κ2) is 10.5. The highest BCUT2D eigenvalue weighted by Gasteiger charge is 2.12. The zero-order valence-corrected chi connectivity index (χ0v) is 11.5. The highest BCUT2D eigenvalue weighted by atomic mass is 35.5. The smallest absolute Gasteiger partial charge is 0.271 e. The molecule has 0 aliphatic carbocycles. The van der Waals surface area contributed by atoms with E-state index >= 15 is 0 Å². The van der Waals surface area contributed by atoms with Crippen LogP contribution in [0.25, 0.3) is 0 Å². The summed E-state index contributed by atoms with van der Waals surface area (Å²) in [6, 6.07) is 2.18. The summed E-state index contributed by atoms with van der Waals surface area (Å²) in [5.41, 5.74) is 5.21. The van der Waals surface area contributed by atoms with Crippen LogP contribution in [0.15, 0.2) is 12.1 Å². The van der Waals surface area contributed by atoms with E-state index in [1.54, 1.807) is 14.2 Å². The molecule has 102 valence electrons. The van der Waals surface area contributed by atoms with Crippen molar-refractivity contribution >= 4 is 29.3 Å². The minimum Gasteiger partial charge on any atom is -0.397 e. The van der Waals surface area contributed by atoms with Crippen LogP contribution < -0.4 is 5.73 Å². The van der Waals surface area contributed by atoms with Gasteiger partial charge >= 0.3 is 0 Å². The normalized spacial score (nSPS) is 8.28. The number of nitro benzene ring substituents is 1. The van der Waals surface area contributed by atoms with Gasteiger partial charge in [0.2, 0.25) is 0 Å². The van der Waals surface area contributed by atoms with E-state index in [4.69, 9.17) is 17.3 Å². The van der Waals surface area contributed by atoms with E-state index in [0.717, 1.165) is 12.1 Å². The summed E-state index contributed by atoms with van der Waals surface area (Å²) in [7, 11) is 3.25. The number of hydrogen-bond donors (Lipinski definition) is 1. The van der Waals surface area contributed by atoms with Crippen molar-refractivity contribution < 1.29 is 14.5 Å². The van der Waals surface area contributed by atoms with Gasteiger partial charge in [-0.3, -0.25) is 14.9 Å². The Morgan fingerprint density at radius 3 is 2.17 bits per heavy atom. The third kappa shape index (κ3) is 6.17. The third-order valence-corrected chi connectivity index (χ3v) is 1.80. The molecule has 0 spiro atoms. The second-order valence-electron chi connectivity index (χ2n) is 2.71. The number of carbonyl (C=O) groups excluding carboxylic acids is 1. The fraction of sp³-hybridized carbons (Fsp3) is 0.364. The molecule has 18 heavy (non-hydrogen) atoms. The first-order valence-electron chi connectivity index (χ1n) is 5.06. The molecule has 0 aliphatic rings. The molecule has 0 aliphatic heterocycles. The molecule has 0 saturated carbocycles. The first-order chi connectivity index (χ1) is 8.47. The van der Waals surface area contributed by atoms with Crippen molar-refractivity contribution in [1.29, 1.82) is 0 Å². The van der Waals surface area contributed by atoms with Crippen molar-refractivity contribution in [3.8, 4) is 0 Å². The summed E-state index contributed by atoms with van der Waals surface area (Å²) < 4.78 is 4.25. The SMILES string of the molecule is CC.COC.Nc1c(Cl)cc([N+](=O)[O-])cc1C=O. The van der Waals surface area contributed by atoms with E-state index in [1.807, 2.05) is 13.8 Å². The van der Waals surface area contributed by atoms with E-state index in [9.17, 15) is 14.9 Å². The third-order valence-electron chi connectivity index (χ3n) is 1.48. The van der Waals surface area contributed by atoms with E-state index < -0.39 is 4.92 Å². The van der Waals surface area contributed by atoms with Crippen LogP contribution in [0.1, 0.15) is 24.2 Å². The number of ether oxygens (including phenoxy) is 1. The summed E-state index contributed by atoms with van der Waals surface area (Å²) in [4.78, 5) is 20.1. The van der Waals surface area contributed by atoms with Crippen molar-refractivity contribution in [2.75, 3.05) is 20.0 Å². The van der Waals surface area contributed by atoms with Crippen LogP contribution in [-0.2, 0) is 4.74 Å². The van der Waals surface area contributed by atoms with Crippen molar-refractivity contribution in [3.63, 3.8) is 0 Å². The van der Waals surface area contributed by atoms with Gasteiger partial charge in [-0.05, 0) is 0 Å². The van der Waals surface area contributed by atoms with Crippen LogP contribution in [0, 0.1) is 10.1 Å². The lowest BCUT2D eigenvalue weighted by Gasteiger charge is -2.00. The number of nitro groups is 1. The average Bonchev–Trinajstić information content (AvgIpc) is 2.35. The van der Waals surface area contributed by atoms with Gasteiger partial charge in [-0.15, -0.1) is 0 Å². The van der Waals surface area contributed by atoms with E-state index in [2.05, 4.69) is 4.74 Å². The number of nitrogens with zero attached hydrogens (tertiary/aromatic N) is 1. The molecule has 0 saturated heterocycles. The molecule has 2 N–H and O–H groups in total. The Bertz CT molecular complexity index is 397. The monoisotopic (exact) mass is 276 g/mol. The number of nitrogens with two attached hydrogens (primary N) is 1. The van der Waals surface area contributed by atoms with Gasteiger partial charge in [0, 0.05) is 31.9 Å². The van der Waals surface area contributed by atoms with Crippen LogP contribution in [-0.4, -0.2) is 25.4 Å². The summed E-state index contributed by atoms with van der Waals surface area (Å²) in [6.45, 7) is 4.00. The zero-order chi connectivity index (χ0) is 14.7. The number of nitrogen functional groups attached to an aromatic ring is 1. The van der Waals surface area contributed by atoms with Crippen LogP contribution in [0.2, 0.25) is 5.02 Å². The molecule has 1 aromatic carbocycles. The molecule has 0 amide bonds. The first kappa shape index (κ1) is 18.7. The molecule has 0 unspecified atom stereocenters. The number of anilines is 1. The molecular formula is C11H17ClN2O4. The molecule has 7 heteroatoms. The maximum Gasteiger partial charge on any atom is 0.271 e. The lowest BCUT2D eigenvalue weighted by molar-refractivity contribution is -0.384. The van der Waals surface area contributed by atoms with E-state index in [-0.39, 0.29) is 22.0 Å². The first-order valence-corrected chi connectivity index (χ1v) is 5.44. The molecule has 0 bridgehead atoms.